The Morgan fingerprint density at radius 1 is 1.36 bits per heavy atom. The zero-order chi connectivity index (χ0) is 19.7. The number of aromatic nitrogens is 1. The van der Waals surface area contributed by atoms with Gasteiger partial charge in [0, 0.05) is 43.5 Å². The first kappa shape index (κ1) is 18.6. The molecule has 3 heterocycles. The molecule has 2 aliphatic heterocycles. The van der Waals surface area contributed by atoms with E-state index in [0.29, 0.717) is 36.5 Å². The minimum Gasteiger partial charge on any atom is -0.403 e. The first-order chi connectivity index (χ1) is 13.6. The standard InChI is InChI=1S/C20H22FN5OS/c1-23-11-16(10-22)26-9-7-17-18(20(26)27)28-19(24-17)13-2-4-15(5-3-13)25-8-6-14(21)12-25/h2-5,10-11,14H,6-9,12,22H2,1H3/p+1/b16-10+,23-11?. The van der Waals surface area contributed by atoms with E-state index in [4.69, 9.17) is 10.7 Å². The molecule has 0 saturated carbocycles. The Morgan fingerprint density at radius 3 is 2.79 bits per heavy atom. The van der Waals surface area contributed by atoms with Gasteiger partial charge < -0.3 is 15.5 Å². The van der Waals surface area contributed by atoms with E-state index in [1.165, 1.54) is 17.5 Å². The van der Waals surface area contributed by atoms with Crippen molar-refractivity contribution in [1.82, 2.24) is 9.88 Å². The van der Waals surface area contributed by atoms with Crippen molar-refractivity contribution in [3.63, 3.8) is 0 Å². The van der Waals surface area contributed by atoms with Crippen LogP contribution in [0.2, 0.25) is 0 Å². The van der Waals surface area contributed by atoms with E-state index in [1.54, 1.807) is 18.2 Å². The SMILES string of the molecule is C[NH+]=C/C(=C\N)N1CCc2nc(-c3ccc(N4CCC(F)C4)cc3)sc2C1=O. The highest BCUT2D eigenvalue weighted by Gasteiger charge is 2.31. The molecule has 1 aromatic carbocycles. The number of benzene rings is 1. The molecule has 0 spiro atoms. The number of nitrogens with two attached hydrogens (primary N) is 1. The van der Waals surface area contributed by atoms with Crippen LogP contribution in [0.15, 0.2) is 36.2 Å². The molecule has 1 atom stereocenters. The Labute approximate surface area is 167 Å². The van der Waals surface area contributed by atoms with Gasteiger partial charge in [0.2, 0.25) is 0 Å². The number of hydrogen-bond donors (Lipinski definition) is 2. The minimum atomic E-state index is -0.744. The van der Waals surface area contributed by atoms with Crippen molar-refractivity contribution in [1.29, 1.82) is 0 Å². The highest BCUT2D eigenvalue weighted by atomic mass is 32.1. The number of halogens is 1. The number of amides is 1. The van der Waals surface area contributed by atoms with Crippen LogP contribution < -0.4 is 15.6 Å². The van der Waals surface area contributed by atoms with Gasteiger partial charge in [-0.3, -0.25) is 4.79 Å². The van der Waals surface area contributed by atoms with E-state index < -0.39 is 6.17 Å². The van der Waals surface area contributed by atoms with E-state index in [-0.39, 0.29) is 5.91 Å². The Morgan fingerprint density at radius 2 is 2.14 bits per heavy atom. The maximum Gasteiger partial charge on any atom is 0.270 e. The summed E-state index contributed by atoms with van der Waals surface area (Å²) in [4.78, 5) is 24.9. The van der Waals surface area contributed by atoms with Gasteiger partial charge >= 0.3 is 0 Å². The highest BCUT2D eigenvalue weighted by molar-refractivity contribution is 7.17. The number of anilines is 1. The number of nitrogens with one attached hydrogen (secondary N) is 1. The molecule has 1 unspecified atom stereocenters. The fraction of sp³-hybridized carbons (Fsp3) is 0.350. The molecule has 1 fully saturated rings. The number of carbonyl (C=O) groups excluding carboxylic acids is 1. The van der Waals surface area contributed by atoms with Gasteiger partial charge in [-0.05, 0) is 30.7 Å². The van der Waals surface area contributed by atoms with Crippen LogP contribution in [0.25, 0.3) is 10.6 Å². The van der Waals surface area contributed by atoms with Crippen LogP contribution >= 0.6 is 11.3 Å². The van der Waals surface area contributed by atoms with Gasteiger partial charge in [0.05, 0.1) is 5.69 Å². The van der Waals surface area contributed by atoms with Gasteiger partial charge in [-0.1, -0.05) is 0 Å². The number of thiazole rings is 1. The number of alkyl halides is 1. The first-order valence-electron chi connectivity index (χ1n) is 9.34. The van der Waals surface area contributed by atoms with Gasteiger partial charge in [0.1, 0.15) is 28.8 Å². The van der Waals surface area contributed by atoms with Crippen molar-refractivity contribution in [2.45, 2.75) is 19.0 Å². The topological polar surface area (TPSA) is 76.4 Å². The lowest BCUT2D eigenvalue weighted by Crippen LogP contribution is -2.64. The maximum absolute atomic E-state index is 13.4. The third kappa shape index (κ3) is 3.40. The number of rotatable bonds is 4. The zero-order valence-corrected chi connectivity index (χ0v) is 16.5. The summed E-state index contributed by atoms with van der Waals surface area (Å²) in [5.74, 6) is -0.0733. The van der Waals surface area contributed by atoms with Crippen LogP contribution in [0.5, 0.6) is 0 Å². The van der Waals surface area contributed by atoms with Gasteiger partial charge in [-0.25, -0.2) is 14.4 Å². The third-order valence-corrected chi connectivity index (χ3v) is 6.23. The fourth-order valence-electron chi connectivity index (χ4n) is 3.63. The van der Waals surface area contributed by atoms with Crippen LogP contribution in [0.3, 0.4) is 0 Å². The second-order valence-electron chi connectivity index (χ2n) is 6.91. The molecule has 6 nitrogen and oxygen atoms in total. The lowest BCUT2D eigenvalue weighted by atomic mass is 10.1. The minimum absolute atomic E-state index is 0.0733. The average Bonchev–Trinajstić information content (AvgIpc) is 3.34. The van der Waals surface area contributed by atoms with Crippen molar-refractivity contribution in [3.8, 4) is 10.6 Å². The molecular formula is C20H23FN5OS+. The smallest absolute Gasteiger partial charge is 0.270 e. The van der Waals surface area contributed by atoms with Crippen molar-refractivity contribution < 1.29 is 14.2 Å². The summed E-state index contributed by atoms with van der Waals surface area (Å²) in [7, 11) is 1.77. The Bertz CT molecular complexity index is 937. The molecule has 2 aromatic rings. The lowest BCUT2D eigenvalue weighted by molar-refractivity contribution is -0.414. The summed E-state index contributed by atoms with van der Waals surface area (Å²) in [6.45, 7) is 1.75. The molecule has 0 bridgehead atoms. The number of nitrogens with zero attached hydrogens (tertiary/aromatic N) is 3. The van der Waals surface area contributed by atoms with Gasteiger partial charge in [-0.2, -0.15) is 0 Å². The quantitative estimate of drug-likeness (QED) is 0.749. The predicted molar refractivity (Wildman–Crippen MR) is 109 cm³/mol. The van der Waals surface area contributed by atoms with Gasteiger partial charge in [0.15, 0.2) is 6.21 Å². The molecule has 28 heavy (non-hydrogen) atoms. The molecule has 1 amide bonds. The summed E-state index contributed by atoms with van der Waals surface area (Å²) in [6, 6.07) is 7.99. The molecule has 0 aliphatic carbocycles. The molecule has 8 heteroatoms. The molecule has 1 aromatic heterocycles. The predicted octanol–water partition coefficient (Wildman–Crippen LogP) is 0.938. The van der Waals surface area contributed by atoms with Crippen LogP contribution in [0, 0.1) is 0 Å². The van der Waals surface area contributed by atoms with Gasteiger partial charge in [0.25, 0.3) is 5.91 Å². The van der Waals surface area contributed by atoms with Crippen molar-refractivity contribution in [2.24, 2.45) is 5.73 Å². The Hall–Kier alpha value is -2.74. The van der Waals surface area contributed by atoms with Crippen molar-refractivity contribution in [2.75, 3.05) is 31.6 Å². The number of carbonyl (C=O) groups is 1. The average molecular weight is 401 g/mol. The van der Waals surface area contributed by atoms with Crippen molar-refractivity contribution in [3.05, 3.63) is 46.7 Å². The summed E-state index contributed by atoms with van der Waals surface area (Å²) < 4.78 is 13.4. The van der Waals surface area contributed by atoms with E-state index in [2.05, 4.69) is 9.89 Å². The summed E-state index contributed by atoms with van der Waals surface area (Å²) in [6.07, 6.45) is 3.68. The number of hydrogen-bond acceptors (Lipinski definition) is 5. The number of fused-ring (bicyclic) bond motifs is 1. The van der Waals surface area contributed by atoms with Crippen molar-refractivity contribution >= 4 is 29.1 Å². The molecule has 3 N–H and O–H groups in total. The highest BCUT2D eigenvalue weighted by Crippen LogP contribution is 2.33. The molecule has 2 aliphatic rings. The Balaban J connectivity index is 1.57. The largest absolute Gasteiger partial charge is 0.403 e. The van der Waals surface area contributed by atoms with Crippen LogP contribution in [-0.2, 0) is 6.42 Å². The van der Waals surface area contributed by atoms with E-state index in [9.17, 15) is 9.18 Å². The lowest BCUT2D eigenvalue weighted by Gasteiger charge is -2.24. The summed E-state index contributed by atoms with van der Waals surface area (Å²) in [5, 5.41) is 0.826. The van der Waals surface area contributed by atoms with Gasteiger partial charge in [-0.15, -0.1) is 11.3 Å². The van der Waals surface area contributed by atoms with Crippen LogP contribution in [0.4, 0.5) is 10.1 Å². The second kappa shape index (κ2) is 7.71. The van der Waals surface area contributed by atoms with Crippen LogP contribution in [-0.4, -0.2) is 54.9 Å². The van der Waals surface area contributed by atoms with E-state index in [0.717, 1.165) is 28.5 Å². The fourth-order valence-corrected chi connectivity index (χ4v) is 4.70. The van der Waals surface area contributed by atoms with Crippen LogP contribution in [0.1, 0.15) is 21.8 Å². The molecule has 4 rings (SSSR count). The summed E-state index contributed by atoms with van der Waals surface area (Å²) >= 11 is 1.41. The number of allylic oxidation sites excluding steroid dienone is 1. The zero-order valence-electron chi connectivity index (χ0n) is 15.7. The normalized spacial score (nSPS) is 20.3. The molecule has 1 saturated heterocycles. The van der Waals surface area contributed by atoms with E-state index in [1.807, 2.05) is 24.3 Å². The maximum atomic E-state index is 13.4. The second-order valence-corrected chi connectivity index (χ2v) is 7.90. The molecule has 0 radical (unpaired) electrons. The first-order valence-corrected chi connectivity index (χ1v) is 10.2. The molecular weight excluding hydrogens is 377 g/mol. The summed E-state index contributed by atoms with van der Waals surface area (Å²) in [5.41, 5.74) is 9.15. The monoisotopic (exact) mass is 400 g/mol. The molecule has 146 valence electrons. The third-order valence-electron chi connectivity index (χ3n) is 5.09. The van der Waals surface area contributed by atoms with E-state index >= 15 is 0 Å². The Kier molecular flexibility index (Phi) is 5.13.